The summed E-state index contributed by atoms with van der Waals surface area (Å²) in [5.74, 6) is 1.55. The molecule has 1 saturated heterocycles. The maximum atomic E-state index is 5.80. The maximum Gasteiger partial charge on any atom is 0.119 e. The van der Waals surface area contributed by atoms with Gasteiger partial charge in [0.1, 0.15) is 12.4 Å². The molecule has 0 saturated carbocycles. The first-order valence-electron chi connectivity index (χ1n) is 6.51. The Kier molecular flexibility index (Phi) is 5.78. The molecule has 0 amide bonds. The first-order chi connectivity index (χ1) is 8.84. The van der Waals surface area contributed by atoms with Gasteiger partial charge in [-0.15, -0.1) is 0 Å². The van der Waals surface area contributed by atoms with Gasteiger partial charge in [-0.05, 0) is 56.1 Å². The lowest BCUT2D eigenvalue weighted by atomic mass is 9.99. The Morgan fingerprint density at radius 3 is 2.56 bits per heavy atom. The lowest BCUT2D eigenvalue weighted by molar-refractivity contribution is 0.0655. The summed E-state index contributed by atoms with van der Waals surface area (Å²) in [5.41, 5.74) is 0. The summed E-state index contributed by atoms with van der Waals surface area (Å²) in [5, 5.41) is 4.08. The van der Waals surface area contributed by atoms with Crippen LogP contribution in [0.5, 0.6) is 5.75 Å². The molecular formula is C14H20ClNO2. The van der Waals surface area contributed by atoms with Crippen LogP contribution in [-0.4, -0.2) is 32.9 Å². The summed E-state index contributed by atoms with van der Waals surface area (Å²) in [6.07, 6.45) is 2.44. The SMILES string of the molecule is Clc1ccc(OCCOCC2CCNCC2)cc1. The molecule has 1 aliphatic heterocycles. The number of halogens is 1. The van der Waals surface area contributed by atoms with Crippen LogP contribution in [0.4, 0.5) is 0 Å². The molecule has 4 heteroatoms. The van der Waals surface area contributed by atoms with Crippen molar-refractivity contribution in [2.24, 2.45) is 5.92 Å². The number of ether oxygens (including phenoxy) is 2. The number of nitrogens with one attached hydrogen (secondary N) is 1. The van der Waals surface area contributed by atoms with E-state index in [0.717, 1.165) is 30.5 Å². The Hall–Kier alpha value is -0.770. The summed E-state index contributed by atoms with van der Waals surface area (Å²) >= 11 is 5.80. The van der Waals surface area contributed by atoms with E-state index in [4.69, 9.17) is 21.1 Å². The van der Waals surface area contributed by atoms with E-state index >= 15 is 0 Å². The van der Waals surface area contributed by atoms with Gasteiger partial charge in [-0.25, -0.2) is 0 Å². The van der Waals surface area contributed by atoms with E-state index < -0.39 is 0 Å². The van der Waals surface area contributed by atoms with E-state index in [0.29, 0.717) is 19.1 Å². The van der Waals surface area contributed by atoms with Gasteiger partial charge in [0.05, 0.1) is 6.61 Å². The fraction of sp³-hybridized carbons (Fsp3) is 0.571. The van der Waals surface area contributed by atoms with Crippen LogP contribution in [0.2, 0.25) is 5.02 Å². The summed E-state index contributed by atoms with van der Waals surface area (Å²) in [7, 11) is 0. The van der Waals surface area contributed by atoms with Gasteiger partial charge >= 0.3 is 0 Å². The molecule has 0 bridgehead atoms. The van der Waals surface area contributed by atoms with Crippen LogP contribution in [0.15, 0.2) is 24.3 Å². The van der Waals surface area contributed by atoms with Gasteiger partial charge in [0.2, 0.25) is 0 Å². The molecule has 1 fully saturated rings. The highest BCUT2D eigenvalue weighted by Crippen LogP contribution is 2.15. The molecule has 0 spiro atoms. The fourth-order valence-electron chi connectivity index (χ4n) is 2.05. The van der Waals surface area contributed by atoms with Crippen molar-refractivity contribution < 1.29 is 9.47 Å². The Morgan fingerprint density at radius 2 is 1.83 bits per heavy atom. The fourth-order valence-corrected chi connectivity index (χ4v) is 2.17. The standard InChI is InChI=1S/C14H20ClNO2/c15-13-1-3-14(4-2-13)18-10-9-17-11-12-5-7-16-8-6-12/h1-4,12,16H,5-11H2. The lowest BCUT2D eigenvalue weighted by Crippen LogP contribution is -2.30. The summed E-state index contributed by atoms with van der Waals surface area (Å²) in [4.78, 5) is 0. The number of hydrogen-bond acceptors (Lipinski definition) is 3. The van der Waals surface area contributed by atoms with Crippen LogP contribution in [0.25, 0.3) is 0 Å². The number of piperidine rings is 1. The highest BCUT2D eigenvalue weighted by molar-refractivity contribution is 6.30. The van der Waals surface area contributed by atoms with Gasteiger partial charge in [-0.1, -0.05) is 11.6 Å². The van der Waals surface area contributed by atoms with E-state index in [1.165, 1.54) is 12.8 Å². The Balaban J connectivity index is 1.54. The normalized spacial score (nSPS) is 16.7. The van der Waals surface area contributed by atoms with Crippen molar-refractivity contribution in [3.05, 3.63) is 29.3 Å². The van der Waals surface area contributed by atoms with Crippen molar-refractivity contribution in [2.45, 2.75) is 12.8 Å². The third-order valence-electron chi connectivity index (χ3n) is 3.12. The zero-order valence-electron chi connectivity index (χ0n) is 10.5. The van der Waals surface area contributed by atoms with Gasteiger partial charge in [-0.3, -0.25) is 0 Å². The maximum absolute atomic E-state index is 5.80. The molecule has 100 valence electrons. The van der Waals surface area contributed by atoms with Gasteiger partial charge in [0, 0.05) is 11.6 Å². The number of hydrogen-bond donors (Lipinski definition) is 1. The summed E-state index contributed by atoms with van der Waals surface area (Å²) in [6, 6.07) is 7.39. The average Bonchev–Trinajstić information content (AvgIpc) is 2.42. The van der Waals surface area contributed by atoms with Crippen LogP contribution in [-0.2, 0) is 4.74 Å². The van der Waals surface area contributed by atoms with E-state index in [2.05, 4.69) is 5.32 Å². The van der Waals surface area contributed by atoms with Gasteiger partial charge in [0.15, 0.2) is 0 Å². The Bertz CT molecular complexity index is 336. The molecule has 18 heavy (non-hydrogen) atoms. The molecule has 1 N–H and O–H groups in total. The monoisotopic (exact) mass is 269 g/mol. The molecule has 1 aliphatic rings. The van der Waals surface area contributed by atoms with Crippen LogP contribution in [0.1, 0.15) is 12.8 Å². The molecular weight excluding hydrogens is 250 g/mol. The molecule has 2 rings (SSSR count). The largest absolute Gasteiger partial charge is 0.491 e. The Morgan fingerprint density at radius 1 is 1.11 bits per heavy atom. The minimum atomic E-state index is 0.590. The number of benzene rings is 1. The minimum Gasteiger partial charge on any atom is -0.491 e. The molecule has 1 aromatic carbocycles. The minimum absolute atomic E-state index is 0.590. The predicted octanol–water partition coefficient (Wildman–Crippen LogP) is 2.74. The van der Waals surface area contributed by atoms with E-state index in [1.807, 2.05) is 24.3 Å². The first-order valence-corrected chi connectivity index (χ1v) is 6.89. The molecule has 0 aromatic heterocycles. The van der Waals surface area contributed by atoms with Gasteiger partial charge in [-0.2, -0.15) is 0 Å². The van der Waals surface area contributed by atoms with Crippen molar-refractivity contribution in [2.75, 3.05) is 32.9 Å². The van der Waals surface area contributed by atoms with Crippen molar-refractivity contribution in [1.82, 2.24) is 5.32 Å². The van der Waals surface area contributed by atoms with E-state index in [9.17, 15) is 0 Å². The lowest BCUT2D eigenvalue weighted by Gasteiger charge is -2.22. The zero-order valence-corrected chi connectivity index (χ0v) is 11.3. The molecule has 1 aromatic rings. The second-order valence-electron chi connectivity index (χ2n) is 4.57. The highest BCUT2D eigenvalue weighted by atomic mass is 35.5. The topological polar surface area (TPSA) is 30.5 Å². The molecule has 0 atom stereocenters. The molecule has 1 heterocycles. The van der Waals surface area contributed by atoms with Crippen molar-refractivity contribution in [3.63, 3.8) is 0 Å². The quantitative estimate of drug-likeness (QED) is 0.806. The Labute approximate surface area is 113 Å². The molecule has 0 aliphatic carbocycles. The first kappa shape index (κ1) is 13.7. The van der Waals surface area contributed by atoms with Gasteiger partial charge < -0.3 is 14.8 Å². The molecule has 0 radical (unpaired) electrons. The third kappa shape index (κ3) is 4.84. The van der Waals surface area contributed by atoms with E-state index in [1.54, 1.807) is 0 Å². The summed E-state index contributed by atoms with van der Waals surface area (Å²) < 4.78 is 11.2. The highest BCUT2D eigenvalue weighted by Gasteiger charge is 2.12. The van der Waals surface area contributed by atoms with Crippen LogP contribution in [0.3, 0.4) is 0 Å². The van der Waals surface area contributed by atoms with Crippen LogP contribution < -0.4 is 10.1 Å². The van der Waals surface area contributed by atoms with Crippen molar-refractivity contribution in [3.8, 4) is 5.75 Å². The third-order valence-corrected chi connectivity index (χ3v) is 3.37. The number of rotatable bonds is 6. The van der Waals surface area contributed by atoms with Crippen LogP contribution in [0, 0.1) is 5.92 Å². The second kappa shape index (κ2) is 7.62. The van der Waals surface area contributed by atoms with E-state index in [-0.39, 0.29) is 0 Å². The zero-order chi connectivity index (χ0) is 12.6. The molecule has 3 nitrogen and oxygen atoms in total. The van der Waals surface area contributed by atoms with Crippen molar-refractivity contribution >= 4 is 11.6 Å². The average molecular weight is 270 g/mol. The van der Waals surface area contributed by atoms with Crippen LogP contribution >= 0.6 is 11.6 Å². The molecule has 0 unspecified atom stereocenters. The van der Waals surface area contributed by atoms with Crippen molar-refractivity contribution in [1.29, 1.82) is 0 Å². The van der Waals surface area contributed by atoms with Gasteiger partial charge in [0.25, 0.3) is 0 Å². The summed E-state index contributed by atoms with van der Waals surface area (Å²) in [6.45, 7) is 4.33. The smallest absolute Gasteiger partial charge is 0.119 e. The predicted molar refractivity (Wildman–Crippen MR) is 73.4 cm³/mol. The second-order valence-corrected chi connectivity index (χ2v) is 5.01.